The second-order valence-electron chi connectivity index (χ2n) is 5.68. The molecule has 2 N–H and O–H groups in total. The second-order valence-corrected chi connectivity index (χ2v) is 6.57. The van der Waals surface area contributed by atoms with E-state index in [1.54, 1.807) is 0 Å². The Labute approximate surface area is 114 Å². The highest BCUT2D eigenvalue weighted by molar-refractivity contribution is 7.09. The Kier molecular flexibility index (Phi) is 5.15. The van der Waals surface area contributed by atoms with Gasteiger partial charge in [0.05, 0.1) is 10.7 Å². The first-order valence-electron chi connectivity index (χ1n) is 7.05. The van der Waals surface area contributed by atoms with Gasteiger partial charge in [0.2, 0.25) is 0 Å². The summed E-state index contributed by atoms with van der Waals surface area (Å²) in [6.07, 6.45) is 3.60. The Hall–Kier alpha value is -0.450. The number of piperidine rings is 1. The van der Waals surface area contributed by atoms with Crippen molar-refractivity contribution in [2.24, 2.45) is 11.7 Å². The van der Waals surface area contributed by atoms with Crippen molar-refractivity contribution in [3.63, 3.8) is 0 Å². The van der Waals surface area contributed by atoms with Gasteiger partial charge in [-0.25, -0.2) is 4.98 Å². The Balaban J connectivity index is 1.87. The maximum Gasteiger partial charge on any atom is 0.0960 e. The maximum absolute atomic E-state index is 5.60. The lowest BCUT2D eigenvalue weighted by atomic mass is 9.97. The minimum absolute atomic E-state index is 0.685. The smallest absolute Gasteiger partial charge is 0.0960 e. The molecule has 0 bridgehead atoms. The summed E-state index contributed by atoms with van der Waals surface area (Å²) in [7, 11) is 0. The van der Waals surface area contributed by atoms with Crippen molar-refractivity contribution in [3.8, 4) is 0 Å². The highest BCUT2D eigenvalue weighted by atomic mass is 32.1. The number of thiazole rings is 1. The van der Waals surface area contributed by atoms with Crippen molar-refractivity contribution in [1.82, 2.24) is 9.88 Å². The van der Waals surface area contributed by atoms with Gasteiger partial charge in [0.25, 0.3) is 0 Å². The molecule has 0 unspecified atom stereocenters. The summed E-state index contributed by atoms with van der Waals surface area (Å²) in [6, 6.07) is 0. The van der Waals surface area contributed by atoms with Crippen molar-refractivity contribution in [2.45, 2.75) is 39.0 Å². The van der Waals surface area contributed by atoms with Gasteiger partial charge in [-0.05, 0) is 38.3 Å². The fourth-order valence-corrected chi connectivity index (χ4v) is 3.61. The number of hydrogen-bond acceptors (Lipinski definition) is 4. The summed E-state index contributed by atoms with van der Waals surface area (Å²) in [6.45, 7) is 8.69. The molecule has 1 aromatic heterocycles. The normalized spacial score (nSPS) is 18.7. The van der Waals surface area contributed by atoms with E-state index < -0.39 is 0 Å². The number of rotatable bonds is 5. The van der Waals surface area contributed by atoms with E-state index in [1.165, 1.54) is 36.6 Å². The number of likely N-dealkylation sites (tertiary alicyclic amines) is 1. The van der Waals surface area contributed by atoms with Gasteiger partial charge < -0.3 is 10.6 Å². The van der Waals surface area contributed by atoms with E-state index in [-0.39, 0.29) is 0 Å². The van der Waals surface area contributed by atoms with Crippen LogP contribution in [-0.2, 0) is 6.42 Å². The zero-order valence-corrected chi connectivity index (χ0v) is 12.4. The Morgan fingerprint density at radius 3 is 2.78 bits per heavy atom. The van der Waals surface area contributed by atoms with E-state index in [2.05, 4.69) is 24.1 Å². The van der Waals surface area contributed by atoms with Crippen molar-refractivity contribution in [1.29, 1.82) is 0 Å². The molecule has 1 aliphatic rings. The highest BCUT2D eigenvalue weighted by Crippen LogP contribution is 2.30. The van der Waals surface area contributed by atoms with Crippen LogP contribution in [0.2, 0.25) is 0 Å². The van der Waals surface area contributed by atoms with E-state index in [0.29, 0.717) is 11.8 Å². The summed E-state index contributed by atoms with van der Waals surface area (Å²) < 4.78 is 0. The van der Waals surface area contributed by atoms with E-state index in [4.69, 9.17) is 10.7 Å². The quantitative estimate of drug-likeness (QED) is 0.891. The van der Waals surface area contributed by atoms with Crippen LogP contribution in [0.25, 0.3) is 0 Å². The first-order chi connectivity index (χ1) is 8.69. The van der Waals surface area contributed by atoms with Gasteiger partial charge in [-0.15, -0.1) is 11.3 Å². The molecule has 2 heterocycles. The molecule has 0 amide bonds. The summed E-state index contributed by atoms with van der Waals surface area (Å²) >= 11 is 1.86. The molecule has 4 heteroatoms. The predicted molar refractivity (Wildman–Crippen MR) is 78.1 cm³/mol. The van der Waals surface area contributed by atoms with E-state index in [9.17, 15) is 0 Å². The molecule has 0 spiro atoms. The third kappa shape index (κ3) is 3.77. The molecule has 1 aliphatic heterocycles. The molecule has 2 rings (SSSR count). The van der Waals surface area contributed by atoms with Crippen molar-refractivity contribution in [3.05, 3.63) is 16.1 Å². The third-order valence-corrected chi connectivity index (χ3v) is 4.63. The van der Waals surface area contributed by atoms with Crippen molar-refractivity contribution in [2.75, 3.05) is 26.2 Å². The van der Waals surface area contributed by atoms with Crippen LogP contribution < -0.4 is 5.73 Å². The van der Waals surface area contributed by atoms with Gasteiger partial charge in [-0.3, -0.25) is 0 Å². The van der Waals surface area contributed by atoms with E-state index in [0.717, 1.165) is 19.5 Å². The van der Waals surface area contributed by atoms with E-state index in [1.807, 2.05) is 11.3 Å². The molecule has 0 saturated carbocycles. The summed E-state index contributed by atoms with van der Waals surface area (Å²) in [5, 5.41) is 3.61. The average Bonchev–Trinajstić information content (AvgIpc) is 2.78. The van der Waals surface area contributed by atoms with Crippen LogP contribution in [0.5, 0.6) is 0 Å². The lowest BCUT2D eigenvalue weighted by Crippen LogP contribution is -2.36. The lowest BCUT2D eigenvalue weighted by molar-refractivity contribution is 0.217. The Bertz CT molecular complexity index is 354. The fourth-order valence-electron chi connectivity index (χ4n) is 2.61. The topological polar surface area (TPSA) is 42.1 Å². The van der Waals surface area contributed by atoms with Crippen LogP contribution >= 0.6 is 11.3 Å². The number of aromatic nitrogens is 1. The average molecular weight is 267 g/mol. The third-order valence-electron chi connectivity index (χ3n) is 3.57. The zero-order valence-electron chi connectivity index (χ0n) is 11.6. The minimum Gasteiger partial charge on any atom is -0.329 e. The van der Waals surface area contributed by atoms with Crippen LogP contribution in [0.15, 0.2) is 5.38 Å². The highest BCUT2D eigenvalue weighted by Gasteiger charge is 2.22. The molecule has 1 saturated heterocycles. The lowest BCUT2D eigenvalue weighted by Gasteiger charge is -2.30. The van der Waals surface area contributed by atoms with Crippen molar-refractivity contribution < 1.29 is 0 Å². The minimum atomic E-state index is 0.685. The van der Waals surface area contributed by atoms with Crippen molar-refractivity contribution >= 4 is 11.3 Å². The predicted octanol–water partition coefficient (Wildman–Crippen LogP) is 2.48. The summed E-state index contributed by atoms with van der Waals surface area (Å²) in [4.78, 5) is 7.29. The first-order valence-corrected chi connectivity index (χ1v) is 7.93. The SMILES string of the molecule is CC(C)Cc1csc(C2CCN(CCN)CC2)n1. The standard InChI is InChI=1S/C14H25N3S/c1-11(2)9-13-10-18-14(16-13)12-3-6-17(7-4-12)8-5-15/h10-12H,3-9,15H2,1-2H3. The molecular weight excluding hydrogens is 242 g/mol. The maximum atomic E-state index is 5.60. The molecular formula is C14H25N3S. The van der Waals surface area contributed by atoms with Gasteiger partial charge in [-0.2, -0.15) is 0 Å². The molecule has 0 aliphatic carbocycles. The Morgan fingerprint density at radius 2 is 2.17 bits per heavy atom. The summed E-state index contributed by atoms with van der Waals surface area (Å²) in [5.74, 6) is 1.39. The van der Waals surface area contributed by atoms with Crippen LogP contribution in [0, 0.1) is 5.92 Å². The van der Waals surface area contributed by atoms with Crippen LogP contribution in [0.3, 0.4) is 0 Å². The van der Waals surface area contributed by atoms with Gasteiger partial charge in [-0.1, -0.05) is 13.8 Å². The molecule has 0 atom stereocenters. The monoisotopic (exact) mass is 267 g/mol. The number of hydrogen-bond donors (Lipinski definition) is 1. The summed E-state index contributed by atoms with van der Waals surface area (Å²) in [5.41, 5.74) is 6.89. The fraction of sp³-hybridized carbons (Fsp3) is 0.786. The van der Waals surface area contributed by atoms with Gasteiger partial charge in [0.1, 0.15) is 0 Å². The second kappa shape index (κ2) is 6.64. The van der Waals surface area contributed by atoms with Crippen LogP contribution in [0.4, 0.5) is 0 Å². The van der Waals surface area contributed by atoms with Gasteiger partial charge in [0.15, 0.2) is 0 Å². The number of nitrogens with two attached hydrogens (primary N) is 1. The van der Waals surface area contributed by atoms with Crippen LogP contribution in [0.1, 0.15) is 43.3 Å². The Morgan fingerprint density at radius 1 is 1.44 bits per heavy atom. The largest absolute Gasteiger partial charge is 0.329 e. The molecule has 1 fully saturated rings. The van der Waals surface area contributed by atoms with Gasteiger partial charge in [0, 0.05) is 24.4 Å². The molecule has 18 heavy (non-hydrogen) atoms. The molecule has 3 nitrogen and oxygen atoms in total. The molecule has 0 aromatic carbocycles. The molecule has 0 radical (unpaired) electrons. The number of nitrogens with zero attached hydrogens (tertiary/aromatic N) is 2. The van der Waals surface area contributed by atoms with Gasteiger partial charge >= 0.3 is 0 Å². The van der Waals surface area contributed by atoms with E-state index >= 15 is 0 Å². The first kappa shape index (κ1) is 14.0. The van der Waals surface area contributed by atoms with Crippen LogP contribution in [-0.4, -0.2) is 36.1 Å². The zero-order chi connectivity index (χ0) is 13.0. The molecule has 102 valence electrons. The molecule has 1 aromatic rings.